The zero-order valence-corrected chi connectivity index (χ0v) is 4.67. The quantitative estimate of drug-likeness (QED) is 0.420. The second kappa shape index (κ2) is 2.39. The maximum atomic E-state index is 9.08. The Kier molecular flexibility index (Phi) is 3.78. The van der Waals surface area contributed by atoms with Gasteiger partial charge in [0.1, 0.15) is 0 Å². The van der Waals surface area contributed by atoms with E-state index >= 15 is 0 Å². The minimum Gasteiger partial charge on any atom is -0.748 e. The summed E-state index contributed by atoms with van der Waals surface area (Å²) >= 11 is 0. The average Bonchev–Trinajstić information content (AvgIpc) is 0.722. The molecular weight excluding hydrogens is 128 g/mol. The fourth-order valence-corrected chi connectivity index (χ4v) is 0. The minimum atomic E-state index is -3.92. The largest absolute Gasteiger partial charge is 0.748 e. The van der Waals surface area contributed by atoms with Crippen LogP contribution in [0.4, 0.5) is 0 Å². The molecule has 0 spiro atoms. The van der Waals surface area contributed by atoms with Gasteiger partial charge in [-0.15, -0.1) is 12.4 Å². The lowest BCUT2D eigenvalue weighted by Gasteiger charge is -1.90. The van der Waals surface area contributed by atoms with Crippen molar-refractivity contribution in [3.05, 3.63) is 0 Å². The van der Waals surface area contributed by atoms with Gasteiger partial charge in [0.2, 0.25) is 0 Å². The van der Waals surface area contributed by atoms with Gasteiger partial charge in [-0.2, -0.15) is 0 Å². The third-order valence-electron chi connectivity index (χ3n) is 0. The van der Waals surface area contributed by atoms with E-state index in [-0.39, 0.29) is 12.4 Å². The van der Waals surface area contributed by atoms with E-state index < -0.39 is 10.1 Å². The van der Waals surface area contributed by atoms with E-state index in [2.05, 4.69) is 0 Å². The van der Waals surface area contributed by atoms with Crippen LogP contribution < -0.4 is 0 Å². The van der Waals surface area contributed by atoms with E-state index in [4.69, 9.17) is 13.0 Å². The molecule has 0 atom stereocenters. The maximum absolute atomic E-state index is 9.08. The third-order valence-corrected chi connectivity index (χ3v) is 0. The molecule has 0 aromatic heterocycles. The van der Waals surface area contributed by atoms with E-state index in [0.29, 0.717) is 6.26 Å². The molecule has 3 nitrogen and oxygen atoms in total. The average molecular weight is 132 g/mol. The van der Waals surface area contributed by atoms with Crippen molar-refractivity contribution < 1.29 is 13.0 Å². The second-order valence-electron chi connectivity index (χ2n) is 0.704. The Morgan fingerprint density at radius 3 is 1.50 bits per heavy atom. The first kappa shape index (κ1) is 9.50. The molecule has 5 heteroatoms. The first-order chi connectivity index (χ1) is 2.00. The molecule has 0 aromatic rings. The normalized spacial score (nSPS) is 9.67. The molecule has 0 aliphatic heterocycles. The Morgan fingerprint density at radius 1 is 1.50 bits per heavy atom. The Balaban J connectivity index is 0. The Bertz CT molecular complexity index is 94.0. The van der Waals surface area contributed by atoms with Crippen LogP contribution in [0.1, 0.15) is 0 Å². The van der Waals surface area contributed by atoms with E-state index in [1.807, 2.05) is 0 Å². The highest BCUT2D eigenvalue weighted by Crippen LogP contribution is 1.59. The molecule has 0 saturated heterocycles. The molecule has 0 N–H and O–H groups in total. The fourth-order valence-electron chi connectivity index (χ4n) is 0. The van der Waals surface area contributed by atoms with Gasteiger partial charge < -0.3 is 4.55 Å². The van der Waals surface area contributed by atoms with Gasteiger partial charge in [0, 0.05) is 6.26 Å². The van der Waals surface area contributed by atoms with Crippen molar-refractivity contribution in [3.8, 4) is 0 Å². The number of hydrogen-bond acceptors (Lipinski definition) is 3. The van der Waals surface area contributed by atoms with Crippen molar-refractivity contribution in [1.82, 2.24) is 0 Å². The minimum absolute atomic E-state index is 0. The van der Waals surface area contributed by atoms with Gasteiger partial charge in [-0.3, -0.25) is 0 Å². The van der Waals surface area contributed by atoms with Gasteiger partial charge in [-0.1, -0.05) is 0 Å². The lowest BCUT2D eigenvalue weighted by atomic mass is 12.0. The lowest BCUT2D eigenvalue weighted by molar-refractivity contribution is 0.470. The molecule has 0 aliphatic carbocycles. The molecule has 0 radical (unpaired) electrons. The Labute approximate surface area is 42.5 Å². The van der Waals surface area contributed by atoms with Crippen molar-refractivity contribution >= 4 is 22.5 Å². The predicted molar refractivity (Wildman–Crippen MR) is 22.9 cm³/mol. The number of hydrogen-bond donors (Lipinski definition) is 0. The summed E-state index contributed by atoms with van der Waals surface area (Å²) in [7, 11) is -3.92. The first-order valence-electron chi connectivity index (χ1n) is 0.908. The van der Waals surface area contributed by atoms with Crippen LogP contribution >= 0.6 is 12.4 Å². The van der Waals surface area contributed by atoms with Crippen LogP contribution in [0.25, 0.3) is 0 Å². The summed E-state index contributed by atoms with van der Waals surface area (Å²) in [5.74, 6) is 0. The third kappa shape index (κ3) is 1080. The summed E-state index contributed by atoms with van der Waals surface area (Å²) in [6.07, 6.45) is 0.604. The number of halogens is 1. The van der Waals surface area contributed by atoms with Crippen LogP contribution in [0, 0.1) is 0 Å². The van der Waals surface area contributed by atoms with Gasteiger partial charge in [-0.25, -0.2) is 8.42 Å². The van der Waals surface area contributed by atoms with Gasteiger partial charge in [-0.05, 0) is 0 Å². The first-order valence-corrected chi connectivity index (χ1v) is 2.72. The van der Waals surface area contributed by atoms with Gasteiger partial charge in [0.25, 0.3) is 0 Å². The molecule has 0 rings (SSSR count). The molecule has 6 heavy (non-hydrogen) atoms. The molecule has 0 bridgehead atoms. The maximum Gasteiger partial charge on any atom is 0.0916 e. The monoisotopic (exact) mass is 131 g/mol. The number of rotatable bonds is 0. The zero-order valence-electron chi connectivity index (χ0n) is 3.04. The van der Waals surface area contributed by atoms with E-state index in [1.54, 1.807) is 0 Å². The molecule has 0 fully saturated rings. The van der Waals surface area contributed by atoms with Crippen LogP contribution in [0.2, 0.25) is 0 Å². The highest BCUT2D eigenvalue weighted by atomic mass is 35.5. The van der Waals surface area contributed by atoms with Crippen LogP contribution in [-0.4, -0.2) is 19.2 Å². The molecule has 40 valence electrons. The summed E-state index contributed by atoms with van der Waals surface area (Å²) < 4.78 is 27.2. The summed E-state index contributed by atoms with van der Waals surface area (Å²) in [6, 6.07) is 0. The molecule has 0 aliphatic rings. The van der Waals surface area contributed by atoms with E-state index in [9.17, 15) is 0 Å². The van der Waals surface area contributed by atoms with Crippen molar-refractivity contribution in [2.45, 2.75) is 0 Å². The van der Waals surface area contributed by atoms with E-state index in [1.165, 1.54) is 0 Å². The topological polar surface area (TPSA) is 57.2 Å². The van der Waals surface area contributed by atoms with Crippen molar-refractivity contribution in [2.24, 2.45) is 0 Å². The van der Waals surface area contributed by atoms with E-state index in [0.717, 1.165) is 0 Å². The summed E-state index contributed by atoms with van der Waals surface area (Å²) in [6.45, 7) is 0. The second-order valence-corrected chi connectivity index (χ2v) is 2.11. The molecule has 0 saturated carbocycles. The van der Waals surface area contributed by atoms with Crippen molar-refractivity contribution in [1.29, 1.82) is 0 Å². The summed E-state index contributed by atoms with van der Waals surface area (Å²) in [4.78, 5) is 0. The Hall–Kier alpha value is 0.200. The van der Waals surface area contributed by atoms with Crippen LogP contribution in [0.5, 0.6) is 0 Å². The van der Waals surface area contributed by atoms with Crippen LogP contribution in [0.3, 0.4) is 0 Å². The summed E-state index contributed by atoms with van der Waals surface area (Å²) in [5, 5.41) is 0. The molecular formula is CH4ClO3S-. The predicted octanol–water partition coefficient (Wildman–Crippen LogP) is -0.417. The highest BCUT2D eigenvalue weighted by molar-refractivity contribution is 7.84. The van der Waals surface area contributed by atoms with Crippen molar-refractivity contribution in [2.75, 3.05) is 6.26 Å². The van der Waals surface area contributed by atoms with Gasteiger partial charge in [0.15, 0.2) is 0 Å². The lowest BCUT2D eigenvalue weighted by Crippen LogP contribution is -1.88. The smallest absolute Gasteiger partial charge is 0.0916 e. The van der Waals surface area contributed by atoms with Gasteiger partial charge >= 0.3 is 0 Å². The van der Waals surface area contributed by atoms with Gasteiger partial charge in [0.05, 0.1) is 10.1 Å². The van der Waals surface area contributed by atoms with Crippen LogP contribution in [0.15, 0.2) is 0 Å². The standard InChI is InChI=1S/CH4O3S.ClH/c1-5(2,3)4;/h1H3,(H,2,3,4);1H/p-1. The summed E-state index contributed by atoms with van der Waals surface area (Å²) in [5.41, 5.74) is 0. The molecule has 0 unspecified atom stereocenters. The van der Waals surface area contributed by atoms with Crippen LogP contribution in [-0.2, 0) is 10.1 Å². The zero-order chi connectivity index (χ0) is 4.50. The van der Waals surface area contributed by atoms with Crippen molar-refractivity contribution in [3.63, 3.8) is 0 Å². The molecule has 0 aromatic carbocycles. The SMILES string of the molecule is CS(=O)(=O)[O-].Cl. The Morgan fingerprint density at radius 2 is 1.50 bits per heavy atom. The highest BCUT2D eigenvalue weighted by Gasteiger charge is 1.65. The molecule has 0 amide bonds. The fraction of sp³-hybridized carbons (Fsp3) is 1.00. The molecule has 0 heterocycles.